The van der Waals surface area contributed by atoms with Crippen molar-refractivity contribution in [2.75, 3.05) is 6.54 Å². The van der Waals surface area contributed by atoms with E-state index in [0.717, 1.165) is 6.07 Å². The van der Waals surface area contributed by atoms with Crippen LogP contribution in [0.3, 0.4) is 0 Å². The molecule has 1 heterocycles. The summed E-state index contributed by atoms with van der Waals surface area (Å²) in [6.45, 7) is 5.74. The van der Waals surface area contributed by atoms with Gasteiger partial charge in [-0.05, 0) is 11.5 Å². The van der Waals surface area contributed by atoms with Crippen LogP contribution >= 0.6 is 0 Å². The topological polar surface area (TPSA) is 62.2 Å². The summed E-state index contributed by atoms with van der Waals surface area (Å²) in [5.74, 6) is -1.12. The van der Waals surface area contributed by atoms with Crippen LogP contribution < -0.4 is 5.32 Å². The molecule has 0 radical (unpaired) electrons. The molecule has 1 rings (SSSR count). The van der Waals surface area contributed by atoms with Crippen molar-refractivity contribution >= 4 is 5.91 Å². The Morgan fingerprint density at radius 1 is 1.59 bits per heavy atom. The van der Waals surface area contributed by atoms with Gasteiger partial charge in [-0.3, -0.25) is 4.79 Å². The summed E-state index contributed by atoms with van der Waals surface area (Å²) in [6.07, 6.45) is 0.572. The predicted octanol–water partition coefficient (Wildman–Crippen LogP) is 1.36. The number of amides is 1. The first-order valence-corrected chi connectivity index (χ1v) is 5.38. The number of rotatable bonds is 3. The van der Waals surface area contributed by atoms with Gasteiger partial charge >= 0.3 is 0 Å². The van der Waals surface area contributed by atoms with Gasteiger partial charge < -0.3 is 10.4 Å². The fraction of sp³-hybridized carbons (Fsp3) is 0.500. The monoisotopic (exact) mass is 240 g/mol. The van der Waals surface area contributed by atoms with Crippen molar-refractivity contribution in [2.45, 2.75) is 26.9 Å². The van der Waals surface area contributed by atoms with Crippen LogP contribution in [0.1, 0.15) is 31.1 Å². The summed E-state index contributed by atoms with van der Waals surface area (Å²) in [5, 5.41) is 12.3. The van der Waals surface area contributed by atoms with Crippen molar-refractivity contribution in [2.24, 2.45) is 5.41 Å². The minimum atomic E-state index is -0.700. The summed E-state index contributed by atoms with van der Waals surface area (Å²) in [5.41, 5.74) is -0.116. The van der Waals surface area contributed by atoms with E-state index in [9.17, 15) is 14.3 Å². The maximum atomic E-state index is 12.8. The molecule has 0 saturated carbocycles. The summed E-state index contributed by atoms with van der Waals surface area (Å²) < 4.78 is 12.8. The molecule has 0 saturated heterocycles. The number of nitrogens with one attached hydrogen (secondary N) is 1. The summed E-state index contributed by atoms with van der Waals surface area (Å²) in [4.78, 5) is 15.0. The van der Waals surface area contributed by atoms with Crippen LogP contribution in [0.4, 0.5) is 4.39 Å². The number of hydrogen-bond donors (Lipinski definition) is 2. The van der Waals surface area contributed by atoms with Crippen molar-refractivity contribution in [3.8, 4) is 0 Å². The van der Waals surface area contributed by atoms with Crippen LogP contribution in [0, 0.1) is 11.4 Å². The van der Waals surface area contributed by atoms with Gasteiger partial charge in [-0.15, -0.1) is 0 Å². The molecule has 5 heteroatoms. The van der Waals surface area contributed by atoms with Gasteiger partial charge in [-0.25, -0.2) is 4.98 Å². The molecule has 1 aromatic rings. The molecule has 17 heavy (non-hydrogen) atoms. The van der Waals surface area contributed by atoms with E-state index in [2.05, 4.69) is 10.3 Å². The summed E-state index contributed by atoms with van der Waals surface area (Å²) >= 11 is 0. The van der Waals surface area contributed by atoms with Crippen molar-refractivity contribution in [1.29, 1.82) is 0 Å². The molecule has 4 nitrogen and oxygen atoms in total. The molecule has 0 bridgehead atoms. The van der Waals surface area contributed by atoms with Gasteiger partial charge in [0.1, 0.15) is 0 Å². The van der Waals surface area contributed by atoms with Gasteiger partial charge in [0, 0.05) is 24.4 Å². The molecular weight excluding hydrogens is 223 g/mol. The van der Waals surface area contributed by atoms with Gasteiger partial charge in [0.25, 0.3) is 5.91 Å². The zero-order valence-electron chi connectivity index (χ0n) is 10.2. The highest BCUT2D eigenvalue weighted by molar-refractivity contribution is 5.94. The minimum Gasteiger partial charge on any atom is -0.391 e. The molecule has 0 aliphatic rings. The van der Waals surface area contributed by atoms with Crippen molar-refractivity contribution < 1.29 is 14.3 Å². The number of pyridine rings is 1. The number of aliphatic hydroxyl groups excluding tert-OH is 1. The van der Waals surface area contributed by atoms with Gasteiger partial charge in [0.15, 0.2) is 0 Å². The van der Waals surface area contributed by atoms with E-state index < -0.39 is 18.0 Å². The summed E-state index contributed by atoms with van der Waals surface area (Å²) in [7, 11) is 0. The molecule has 0 aliphatic carbocycles. The van der Waals surface area contributed by atoms with Crippen LogP contribution in [0.25, 0.3) is 0 Å². The van der Waals surface area contributed by atoms with Gasteiger partial charge in [0.2, 0.25) is 5.95 Å². The van der Waals surface area contributed by atoms with Gasteiger partial charge in [-0.2, -0.15) is 4.39 Å². The smallest absolute Gasteiger partial charge is 0.251 e. The molecule has 1 aromatic heterocycles. The number of hydrogen-bond acceptors (Lipinski definition) is 3. The van der Waals surface area contributed by atoms with Crippen molar-refractivity contribution in [3.05, 3.63) is 29.8 Å². The highest BCUT2D eigenvalue weighted by atomic mass is 19.1. The SMILES string of the molecule is CC(C)(C)C(O)CNC(=O)c1ccnc(F)c1. The van der Waals surface area contributed by atoms with E-state index in [0.29, 0.717) is 0 Å². The number of aromatic nitrogens is 1. The highest BCUT2D eigenvalue weighted by Crippen LogP contribution is 2.18. The first-order chi connectivity index (χ1) is 7.80. The normalized spacial score (nSPS) is 13.2. The quantitative estimate of drug-likeness (QED) is 0.784. The van der Waals surface area contributed by atoms with Gasteiger partial charge in [-0.1, -0.05) is 20.8 Å². The van der Waals surface area contributed by atoms with Crippen LogP contribution in [0.5, 0.6) is 0 Å². The van der Waals surface area contributed by atoms with E-state index in [4.69, 9.17) is 0 Å². The molecule has 1 amide bonds. The molecule has 0 aromatic carbocycles. The number of carbonyl (C=O) groups excluding carboxylic acids is 1. The second-order valence-corrected chi connectivity index (χ2v) is 4.96. The third-order valence-electron chi connectivity index (χ3n) is 2.44. The van der Waals surface area contributed by atoms with Crippen LogP contribution in [0.15, 0.2) is 18.3 Å². The zero-order valence-corrected chi connectivity index (χ0v) is 10.2. The Morgan fingerprint density at radius 2 is 2.24 bits per heavy atom. The molecule has 1 atom stereocenters. The van der Waals surface area contributed by atoms with E-state index >= 15 is 0 Å². The maximum Gasteiger partial charge on any atom is 0.251 e. The van der Waals surface area contributed by atoms with Crippen molar-refractivity contribution in [1.82, 2.24) is 10.3 Å². The predicted molar refractivity (Wildman–Crippen MR) is 62.0 cm³/mol. The third-order valence-corrected chi connectivity index (χ3v) is 2.44. The molecule has 2 N–H and O–H groups in total. The second-order valence-electron chi connectivity index (χ2n) is 4.96. The molecular formula is C12H17FN2O2. The van der Waals surface area contributed by atoms with Gasteiger partial charge in [0.05, 0.1) is 6.10 Å². The average molecular weight is 240 g/mol. The zero-order chi connectivity index (χ0) is 13.1. The largest absolute Gasteiger partial charge is 0.391 e. The number of nitrogens with zero attached hydrogens (tertiary/aromatic N) is 1. The minimum absolute atomic E-state index is 0.131. The van der Waals surface area contributed by atoms with E-state index in [-0.39, 0.29) is 17.5 Å². The Labute approximate surface area is 99.9 Å². The number of halogens is 1. The lowest BCUT2D eigenvalue weighted by atomic mass is 9.89. The molecule has 94 valence electrons. The van der Waals surface area contributed by atoms with Crippen LogP contribution in [-0.2, 0) is 0 Å². The Bertz CT molecular complexity index is 402. The number of aliphatic hydroxyl groups is 1. The van der Waals surface area contributed by atoms with E-state index in [1.807, 2.05) is 20.8 Å². The first kappa shape index (κ1) is 13.6. The van der Waals surface area contributed by atoms with Crippen molar-refractivity contribution in [3.63, 3.8) is 0 Å². The Balaban J connectivity index is 2.57. The molecule has 0 aliphatic heterocycles. The lowest BCUT2D eigenvalue weighted by molar-refractivity contribution is 0.0586. The lowest BCUT2D eigenvalue weighted by Crippen LogP contribution is -2.39. The Morgan fingerprint density at radius 3 is 2.76 bits per heavy atom. The molecule has 0 fully saturated rings. The van der Waals surface area contributed by atoms with Crippen LogP contribution in [-0.4, -0.2) is 28.6 Å². The highest BCUT2D eigenvalue weighted by Gasteiger charge is 2.22. The standard InChI is InChI=1S/C12H17FN2O2/c1-12(2,3)9(16)7-15-11(17)8-4-5-14-10(13)6-8/h4-6,9,16H,7H2,1-3H3,(H,15,17). The van der Waals surface area contributed by atoms with E-state index in [1.165, 1.54) is 12.3 Å². The summed E-state index contributed by atoms with van der Waals surface area (Å²) in [6, 6.07) is 2.47. The third kappa shape index (κ3) is 4.11. The average Bonchev–Trinajstić information content (AvgIpc) is 2.24. The maximum absolute atomic E-state index is 12.8. The Hall–Kier alpha value is -1.49. The fourth-order valence-electron chi connectivity index (χ4n) is 1.14. The fourth-order valence-corrected chi connectivity index (χ4v) is 1.14. The van der Waals surface area contributed by atoms with E-state index in [1.54, 1.807) is 0 Å². The Kier molecular flexibility index (Phi) is 4.17. The second kappa shape index (κ2) is 5.23. The first-order valence-electron chi connectivity index (χ1n) is 5.38. The molecule has 1 unspecified atom stereocenters. The van der Waals surface area contributed by atoms with Crippen LogP contribution in [0.2, 0.25) is 0 Å². The molecule has 0 spiro atoms. The number of carbonyl (C=O) groups is 1. The lowest BCUT2D eigenvalue weighted by Gasteiger charge is -2.25.